The molecule has 0 aliphatic heterocycles. The molecule has 1 aliphatic carbocycles. The van der Waals surface area contributed by atoms with Crippen LogP contribution in [0.25, 0.3) is 0 Å². The van der Waals surface area contributed by atoms with E-state index in [-0.39, 0.29) is 17.2 Å². The quantitative estimate of drug-likeness (QED) is 0.419. The Morgan fingerprint density at radius 1 is 1.32 bits per heavy atom. The van der Waals surface area contributed by atoms with Gasteiger partial charge in [-0.3, -0.25) is 9.59 Å². The van der Waals surface area contributed by atoms with Crippen LogP contribution in [0.3, 0.4) is 0 Å². The number of thioether (sulfide) groups is 1. The van der Waals surface area contributed by atoms with E-state index in [4.69, 9.17) is 0 Å². The molecular formula is C18H21N3O3S. The summed E-state index contributed by atoms with van der Waals surface area (Å²) in [6.45, 7) is 0. The van der Waals surface area contributed by atoms with Crippen molar-refractivity contribution in [2.45, 2.75) is 43.7 Å². The minimum atomic E-state index is -0.0990. The van der Waals surface area contributed by atoms with Gasteiger partial charge in [-0.2, -0.15) is 0 Å². The standard InChI is InChI=1S/C18H21N3O3S/c22-13-6-3-5-12(11-13)19-16(23)9-4-10-25-18-20-15-8-2-1-7-14(15)17(24)21-18/h3,5-6,11,22H,1-2,4,7-10H2,(H,19,23)(H,20,21,24). The number of nitrogens with one attached hydrogen (secondary N) is 2. The number of carbonyl (C=O) groups excluding carboxylic acids is 1. The first-order chi connectivity index (χ1) is 12.1. The van der Waals surface area contributed by atoms with Gasteiger partial charge >= 0.3 is 0 Å². The van der Waals surface area contributed by atoms with Gasteiger partial charge in [0.2, 0.25) is 5.91 Å². The Hall–Kier alpha value is -2.28. The Kier molecular flexibility index (Phi) is 5.75. The molecule has 0 spiro atoms. The maximum absolute atomic E-state index is 12.1. The van der Waals surface area contributed by atoms with Crippen LogP contribution in [-0.2, 0) is 17.6 Å². The second kappa shape index (κ2) is 8.20. The Morgan fingerprint density at radius 2 is 2.16 bits per heavy atom. The summed E-state index contributed by atoms with van der Waals surface area (Å²) in [6, 6.07) is 6.47. The second-order valence-corrected chi connectivity index (χ2v) is 7.14. The highest BCUT2D eigenvalue weighted by Gasteiger charge is 2.15. The number of rotatable bonds is 6. The topological polar surface area (TPSA) is 95.1 Å². The molecule has 0 atom stereocenters. The van der Waals surface area contributed by atoms with Crippen LogP contribution in [0.1, 0.15) is 36.9 Å². The fourth-order valence-corrected chi connectivity index (χ4v) is 3.68. The maximum atomic E-state index is 12.1. The van der Waals surface area contributed by atoms with Crippen molar-refractivity contribution in [3.63, 3.8) is 0 Å². The van der Waals surface area contributed by atoms with Crippen LogP contribution < -0.4 is 10.9 Å². The summed E-state index contributed by atoms with van der Waals surface area (Å²) in [6.07, 6.45) is 4.88. The Balaban J connectivity index is 1.46. The van der Waals surface area contributed by atoms with E-state index in [1.54, 1.807) is 18.2 Å². The van der Waals surface area contributed by atoms with Gasteiger partial charge in [0, 0.05) is 29.5 Å². The van der Waals surface area contributed by atoms with Crippen LogP contribution in [0.2, 0.25) is 0 Å². The van der Waals surface area contributed by atoms with Crippen molar-refractivity contribution in [2.24, 2.45) is 0 Å². The van der Waals surface area contributed by atoms with Crippen LogP contribution in [0, 0.1) is 0 Å². The average Bonchev–Trinajstić information content (AvgIpc) is 2.59. The summed E-state index contributed by atoms with van der Waals surface area (Å²) in [5.41, 5.74) is 2.33. The molecule has 0 radical (unpaired) electrons. The zero-order chi connectivity index (χ0) is 17.6. The summed E-state index contributed by atoms with van der Waals surface area (Å²) < 4.78 is 0. The minimum absolute atomic E-state index is 0.0196. The van der Waals surface area contributed by atoms with Crippen LogP contribution in [0.4, 0.5) is 5.69 Å². The third-order valence-corrected chi connectivity index (χ3v) is 5.05. The molecule has 132 valence electrons. The summed E-state index contributed by atoms with van der Waals surface area (Å²) in [4.78, 5) is 31.4. The minimum Gasteiger partial charge on any atom is -0.508 e. The fraction of sp³-hybridized carbons (Fsp3) is 0.389. The van der Waals surface area contributed by atoms with Gasteiger partial charge in [-0.25, -0.2) is 4.98 Å². The van der Waals surface area contributed by atoms with Gasteiger partial charge in [-0.05, 0) is 44.2 Å². The van der Waals surface area contributed by atoms with Gasteiger partial charge in [-0.1, -0.05) is 17.8 Å². The number of phenols is 1. The molecule has 1 aromatic heterocycles. The predicted molar refractivity (Wildman–Crippen MR) is 98.2 cm³/mol. The number of aromatic hydroxyl groups is 1. The molecule has 1 amide bonds. The lowest BCUT2D eigenvalue weighted by atomic mass is 9.97. The lowest BCUT2D eigenvalue weighted by Gasteiger charge is -2.14. The normalized spacial score (nSPS) is 13.3. The van der Waals surface area contributed by atoms with Crippen molar-refractivity contribution in [3.8, 4) is 5.75 Å². The van der Waals surface area contributed by atoms with Crippen molar-refractivity contribution >= 4 is 23.4 Å². The van der Waals surface area contributed by atoms with Crippen molar-refractivity contribution in [1.29, 1.82) is 0 Å². The number of benzene rings is 1. The lowest BCUT2D eigenvalue weighted by Crippen LogP contribution is -2.21. The number of phenolic OH excluding ortho intramolecular Hbond substituents is 1. The van der Waals surface area contributed by atoms with Gasteiger partial charge < -0.3 is 15.4 Å². The smallest absolute Gasteiger partial charge is 0.254 e. The number of aryl methyl sites for hydroxylation is 1. The third-order valence-electron chi connectivity index (χ3n) is 4.09. The van der Waals surface area contributed by atoms with E-state index < -0.39 is 0 Å². The monoisotopic (exact) mass is 359 g/mol. The van der Waals surface area contributed by atoms with Gasteiger partial charge in [0.05, 0.1) is 5.69 Å². The number of aromatic amines is 1. The first kappa shape index (κ1) is 17.5. The number of hydrogen-bond acceptors (Lipinski definition) is 5. The van der Waals surface area contributed by atoms with E-state index in [0.717, 1.165) is 36.9 Å². The number of aromatic nitrogens is 2. The average molecular weight is 359 g/mol. The number of H-pyrrole nitrogens is 1. The lowest BCUT2D eigenvalue weighted by molar-refractivity contribution is -0.116. The van der Waals surface area contributed by atoms with Crippen LogP contribution in [0.5, 0.6) is 5.75 Å². The van der Waals surface area contributed by atoms with Gasteiger partial charge in [-0.15, -0.1) is 0 Å². The van der Waals surface area contributed by atoms with Crippen molar-refractivity contribution in [1.82, 2.24) is 9.97 Å². The number of anilines is 1. The second-order valence-electron chi connectivity index (χ2n) is 6.05. The predicted octanol–water partition coefficient (Wildman–Crippen LogP) is 2.87. The highest BCUT2D eigenvalue weighted by molar-refractivity contribution is 7.99. The molecule has 6 nitrogen and oxygen atoms in total. The highest BCUT2D eigenvalue weighted by atomic mass is 32.2. The number of amides is 1. The van der Waals surface area contributed by atoms with Crippen LogP contribution in [0.15, 0.2) is 34.2 Å². The molecule has 2 aromatic rings. The molecule has 7 heteroatoms. The zero-order valence-electron chi connectivity index (χ0n) is 13.9. The number of carbonyl (C=O) groups is 1. The Morgan fingerprint density at radius 3 is 3.00 bits per heavy atom. The number of hydrogen-bond donors (Lipinski definition) is 3. The molecule has 1 aromatic carbocycles. The SMILES string of the molecule is O=C(CCCSc1nc2c(c(=O)[nH]1)CCCC2)Nc1cccc(O)c1. The molecule has 3 rings (SSSR count). The summed E-state index contributed by atoms with van der Waals surface area (Å²) >= 11 is 1.47. The van der Waals surface area contributed by atoms with Crippen molar-refractivity contribution in [3.05, 3.63) is 45.9 Å². The van der Waals surface area contributed by atoms with E-state index in [1.807, 2.05) is 0 Å². The van der Waals surface area contributed by atoms with Crippen molar-refractivity contribution < 1.29 is 9.90 Å². The first-order valence-corrected chi connectivity index (χ1v) is 9.44. The highest BCUT2D eigenvalue weighted by Crippen LogP contribution is 2.20. The molecule has 0 unspecified atom stereocenters. The summed E-state index contributed by atoms with van der Waals surface area (Å²) in [5, 5.41) is 12.8. The van der Waals surface area contributed by atoms with E-state index >= 15 is 0 Å². The molecule has 0 saturated heterocycles. The summed E-state index contributed by atoms with van der Waals surface area (Å²) in [7, 11) is 0. The van der Waals surface area contributed by atoms with E-state index in [2.05, 4.69) is 15.3 Å². The molecule has 0 saturated carbocycles. The van der Waals surface area contributed by atoms with Crippen LogP contribution in [-0.4, -0.2) is 26.7 Å². The Labute approximate surface area is 150 Å². The van der Waals surface area contributed by atoms with Crippen LogP contribution >= 0.6 is 11.8 Å². The number of fused-ring (bicyclic) bond motifs is 1. The molecule has 3 N–H and O–H groups in total. The Bertz CT molecular complexity index is 819. The maximum Gasteiger partial charge on any atom is 0.254 e. The molecule has 0 fully saturated rings. The third kappa shape index (κ3) is 4.85. The molecule has 1 heterocycles. The molecule has 0 bridgehead atoms. The van der Waals surface area contributed by atoms with Gasteiger partial charge in [0.1, 0.15) is 5.75 Å². The molecule has 1 aliphatic rings. The van der Waals surface area contributed by atoms with Gasteiger partial charge in [0.15, 0.2) is 5.16 Å². The van der Waals surface area contributed by atoms with E-state index in [1.165, 1.54) is 17.8 Å². The molecule has 25 heavy (non-hydrogen) atoms. The fourth-order valence-electron chi connectivity index (χ4n) is 2.86. The zero-order valence-corrected chi connectivity index (χ0v) is 14.7. The summed E-state index contributed by atoms with van der Waals surface area (Å²) in [5.74, 6) is 0.726. The van der Waals surface area contributed by atoms with Gasteiger partial charge in [0.25, 0.3) is 5.56 Å². The van der Waals surface area contributed by atoms with Crippen molar-refractivity contribution in [2.75, 3.05) is 11.1 Å². The molecular weight excluding hydrogens is 338 g/mol. The van der Waals surface area contributed by atoms with E-state index in [9.17, 15) is 14.7 Å². The largest absolute Gasteiger partial charge is 0.508 e. The van der Waals surface area contributed by atoms with E-state index in [0.29, 0.717) is 29.4 Å². The number of nitrogens with zero attached hydrogens (tertiary/aromatic N) is 1. The first-order valence-electron chi connectivity index (χ1n) is 8.45.